The summed E-state index contributed by atoms with van der Waals surface area (Å²) in [5, 5.41) is 25.3. The van der Waals surface area contributed by atoms with Crippen molar-refractivity contribution in [2.24, 2.45) is 5.73 Å². The quantitative estimate of drug-likeness (QED) is 0.576. The fraction of sp³-hybridized carbons (Fsp3) is 0.0667. The summed E-state index contributed by atoms with van der Waals surface area (Å²) >= 11 is 0. The average molecular weight is 311 g/mol. The molecule has 0 bridgehead atoms. The van der Waals surface area contributed by atoms with Gasteiger partial charge in [-0.1, -0.05) is 12.1 Å². The van der Waals surface area contributed by atoms with E-state index in [0.717, 1.165) is 5.56 Å². The molecule has 0 fully saturated rings. The molecule has 2 aromatic rings. The molecule has 0 atom stereocenters. The zero-order valence-electron chi connectivity index (χ0n) is 11.9. The third kappa shape index (κ3) is 4.18. The average Bonchev–Trinajstić information content (AvgIpc) is 2.53. The Morgan fingerprint density at radius 3 is 2.52 bits per heavy atom. The summed E-state index contributed by atoms with van der Waals surface area (Å²) in [5.41, 5.74) is 6.92. The topological polar surface area (TPSA) is 134 Å². The van der Waals surface area contributed by atoms with Crippen molar-refractivity contribution < 1.29 is 9.72 Å². The zero-order valence-corrected chi connectivity index (χ0v) is 11.9. The third-order valence-corrected chi connectivity index (χ3v) is 3.03. The lowest BCUT2D eigenvalue weighted by molar-refractivity contribution is -0.384. The van der Waals surface area contributed by atoms with Gasteiger partial charge in [-0.3, -0.25) is 10.1 Å². The van der Waals surface area contributed by atoms with Crippen molar-refractivity contribution in [3.05, 3.63) is 63.7 Å². The van der Waals surface area contributed by atoms with Crippen molar-refractivity contribution in [2.45, 2.75) is 6.54 Å². The lowest BCUT2D eigenvalue weighted by Gasteiger charge is -2.08. The van der Waals surface area contributed by atoms with E-state index in [2.05, 4.69) is 10.6 Å². The summed E-state index contributed by atoms with van der Waals surface area (Å²) in [4.78, 5) is 21.2. The van der Waals surface area contributed by atoms with Gasteiger partial charge in [-0.25, -0.2) is 4.79 Å². The van der Waals surface area contributed by atoms with Gasteiger partial charge in [0.1, 0.15) is 5.69 Å². The van der Waals surface area contributed by atoms with Crippen LogP contribution < -0.4 is 16.4 Å². The molecular formula is C15H13N5O3. The van der Waals surface area contributed by atoms with Crippen LogP contribution >= 0.6 is 0 Å². The molecule has 4 N–H and O–H groups in total. The second-order valence-electron chi connectivity index (χ2n) is 4.64. The van der Waals surface area contributed by atoms with E-state index in [4.69, 9.17) is 11.0 Å². The Kier molecular flexibility index (Phi) is 4.74. The van der Waals surface area contributed by atoms with Gasteiger partial charge < -0.3 is 16.4 Å². The maximum absolute atomic E-state index is 11.0. The third-order valence-electron chi connectivity index (χ3n) is 3.03. The van der Waals surface area contributed by atoms with E-state index in [0.29, 0.717) is 17.8 Å². The van der Waals surface area contributed by atoms with Gasteiger partial charge in [0.2, 0.25) is 0 Å². The molecule has 2 aromatic carbocycles. The number of hydrogen-bond acceptors (Lipinski definition) is 5. The number of nitrogens with one attached hydrogen (secondary N) is 2. The van der Waals surface area contributed by atoms with Crippen molar-refractivity contribution >= 4 is 23.1 Å². The maximum Gasteiger partial charge on any atom is 0.316 e. The predicted molar refractivity (Wildman–Crippen MR) is 84.8 cm³/mol. The molecule has 8 heteroatoms. The van der Waals surface area contributed by atoms with E-state index in [1.165, 1.54) is 18.2 Å². The van der Waals surface area contributed by atoms with Gasteiger partial charge in [-0.05, 0) is 29.8 Å². The second-order valence-corrected chi connectivity index (χ2v) is 4.64. The van der Waals surface area contributed by atoms with E-state index < -0.39 is 11.0 Å². The van der Waals surface area contributed by atoms with Crippen molar-refractivity contribution in [1.82, 2.24) is 0 Å². The molecule has 0 saturated heterocycles. The molecular weight excluding hydrogens is 298 g/mol. The minimum Gasteiger partial charge on any atom is -0.375 e. The predicted octanol–water partition coefficient (Wildman–Crippen LogP) is 2.57. The van der Waals surface area contributed by atoms with Crippen LogP contribution in [0.2, 0.25) is 0 Å². The first kappa shape index (κ1) is 15.8. The van der Waals surface area contributed by atoms with Crippen molar-refractivity contribution in [2.75, 3.05) is 10.6 Å². The number of benzene rings is 2. The maximum atomic E-state index is 11.0. The van der Waals surface area contributed by atoms with Gasteiger partial charge in [0.15, 0.2) is 0 Å². The normalized spacial score (nSPS) is 9.70. The lowest BCUT2D eigenvalue weighted by Crippen LogP contribution is -2.19. The fourth-order valence-corrected chi connectivity index (χ4v) is 1.95. The summed E-state index contributed by atoms with van der Waals surface area (Å²) < 4.78 is 0. The Hall–Kier alpha value is -3.60. The minimum atomic E-state index is -0.653. The van der Waals surface area contributed by atoms with Gasteiger partial charge in [0.05, 0.1) is 16.6 Å². The van der Waals surface area contributed by atoms with Crippen molar-refractivity contribution in [1.29, 1.82) is 5.26 Å². The van der Waals surface area contributed by atoms with E-state index in [1.807, 2.05) is 6.07 Å². The highest BCUT2D eigenvalue weighted by molar-refractivity contribution is 5.87. The summed E-state index contributed by atoms with van der Waals surface area (Å²) in [5.74, 6) is 0. The number of primary amides is 1. The van der Waals surface area contributed by atoms with Crippen LogP contribution in [-0.4, -0.2) is 11.0 Å². The van der Waals surface area contributed by atoms with Gasteiger partial charge in [-0.2, -0.15) is 5.26 Å². The monoisotopic (exact) mass is 311 g/mol. The van der Waals surface area contributed by atoms with Gasteiger partial charge in [0, 0.05) is 18.3 Å². The largest absolute Gasteiger partial charge is 0.375 e. The van der Waals surface area contributed by atoms with Crippen LogP contribution in [0.15, 0.2) is 42.5 Å². The number of carbonyl (C=O) groups is 1. The van der Waals surface area contributed by atoms with E-state index in [-0.39, 0.29) is 11.4 Å². The molecule has 0 heterocycles. The smallest absolute Gasteiger partial charge is 0.316 e. The minimum absolute atomic E-state index is 0.101. The number of rotatable bonds is 5. The van der Waals surface area contributed by atoms with Crippen molar-refractivity contribution in [3.8, 4) is 6.07 Å². The summed E-state index contributed by atoms with van der Waals surface area (Å²) in [6.07, 6.45) is 0. The fourth-order valence-electron chi connectivity index (χ4n) is 1.95. The standard InChI is InChI=1S/C15H13N5O3/c16-8-11-3-6-14(20(22)23)13(7-11)18-9-10-1-4-12(5-2-10)19-15(17)21/h1-7,18H,9H2,(H3,17,19,21). The summed E-state index contributed by atoms with van der Waals surface area (Å²) in [6, 6.07) is 12.2. The Bertz CT molecular complexity index is 781. The van der Waals surface area contributed by atoms with Gasteiger partial charge in [-0.15, -0.1) is 0 Å². The van der Waals surface area contributed by atoms with Crippen LogP contribution in [-0.2, 0) is 6.54 Å². The highest BCUT2D eigenvalue weighted by atomic mass is 16.6. The molecule has 0 aliphatic carbocycles. The van der Waals surface area contributed by atoms with Crippen LogP contribution in [0.5, 0.6) is 0 Å². The summed E-state index contributed by atoms with van der Waals surface area (Å²) in [7, 11) is 0. The number of nitro benzene ring substituents is 1. The molecule has 0 radical (unpaired) electrons. The molecule has 0 saturated carbocycles. The Morgan fingerprint density at radius 1 is 1.26 bits per heavy atom. The Labute approximate surface area is 131 Å². The van der Waals surface area contributed by atoms with Crippen LogP contribution in [0.25, 0.3) is 0 Å². The molecule has 2 rings (SSSR count). The van der Waals surface area contributed by atoms with Crippen LogP contribution in [0, 0.1) is 21.4 Å². The number of nitriles is 1. The van der Waals surface area contributed by atoms with E-state index >= 15 is 0 Å². The lowest BCUT2D eigenvalue weighted by atomic mass is 10.1. The number of amides is 2. The molecule has 23 heavy (non-hydrogen) atoms. The number of anilines is 2. The highest BCUT2D eigenvalue weighted by Gasteiger charge is 2.13. The molecule has 0 unspecified atom stereocenters. The van der Waals surface area contributed by atoms with E-state index in [9.17, 15) is 14.9 Å². The molecule has 8 nitrogen and oxygen atoms in total. The number of urea groups is 1. The number of nitrogens with two attached hydrogens (primary N) is 1. The van der Waals surface area contributed by atoms with Crippen LogP contribution in [0.3, 0.4) is 0 Å². The molecule has 0 spiro atoms. The highest BCUT2D eigenvalue weighted by Crippen LogP contribution is 2.26. The Morgan fingerprint density at radius 2 is 1.96 bits per heavy atom. The number of nitro groups is 1. The molecule has 0 aromatic heterocycles. The number of carbonyl (C=O) groups excluding carboxylic acids is 1. The summed E-state index contributed by atoms with van der Waals surface area (Å²) in [6.45, 7) is 0.326. The number of nitrogens with zero attached hydrogens (tertiary/aromatic N) is 2. The molecule has 0 aliphatic heterocycles. The van der Waals surface area contributed by atoms with Gasteiger partial charge >= 0.3 is 6.03 Å². The first-order valence-corrected chi connectivity index (χ1v) is 6.57. The molecule has 2 amide bonds. The Balaban J connectivity index is 2.12. The van der Waals surface area contributed by atoms with Crippen LogP contribution in [0.4, 0.5) is 21.9 Å². The zero-order chi connectivity index (χ0) is 16.8. The van der Waals surface area contributed by atoms with Crippen LogP contribution in [0.1, 0.15) is 11.1 Å². The first-order chi connectivity index (χ1) is 11.0. The van der Waals surface area contributed by atoms with E-state index in [1.54, 1.807) is 24.3 Å². The first-order valence-electron chi connectivity index (χ1n) is 6.57. The second kappa shape index (κ2) is 6.91. The van der Waals surface area contributed by atoms with Crippen molar-refractivity contribution in [3.63, 3.8) is 0 Å². The number of hydrogen-bond donors (Lipinski definition) is 3. The SMILES string of the molecule is N#Cc1ccc([N+](=O)[O-])c(NCc2ccc(NC(N)=O)cc2)c1. The molecule has 116 valence electrons. The van der Waals surface area contributed by atoms with Gasteiger partial charge in [0.25, 0.3) is 5.69 Å². The molecule has 0 aliphatic rings.